The molecule has 0 bridgehead atoms. The molecule has 1 rings (SSSR count). The molecule has 0 saturated carbocycles. The third kappa shape index (κ3) is 4.16. The molecule has 0 aliphatic rings. The lowest BCUT2D eigenvalue weighted by Crippen LogP contribution is -2.35. The highest BCUT2D eigenvalue weighted by Crippen LogP contribution is 2.21. The van der Waals surface area contributed by atoms with Crippen molar-refractivity contribution in [2.75, 3.05) is 24.5 Å². The zero-order valence-electron chi connectivity index (χ0n) is 12.6. The van der Waals surface area contributed by atoms with Crippen LogP contribution in [-0.2, 0) is 0 Å². The molecule has 0 saturated heterocycles. The Morgan fingerprint density at radius 3 is 2.11 bits per heavy atom. The summed E-state index contributed by atoms with van der Waals surface area (Å²) in [6.45, 7) is 11.6. The average Bonchev–Trinajstić information content (AvgIpc) is 2.47. The van der Waals surface area contributed by atoms with Crippen LogP contribution in [0.2, 0.25) is 0 Å². The summed E-state index contributed by atoms with van der Waals surface area (Å²) in [5, 5.41) is 0. The molecule has 19 heavy (non-hydrogen) atoms. The van der Waals surface area contributed by atoms with Gasteiger partial charge < -0.3 is 9.80 Å². The Hall–Kier alpha value is -1.70. The van der Waals surface area contributed by atoms with E-state index in [1.54, 1.807) is 0 Å². The average molecular weight is 258 g/mol. The second kappa shape index (κ2) is 8.41. The van der Waals surface area contributed by atoms with E-state index in [4.69, 9.17) is 0 Å². The quantitative estimate of drug-likeness (QED) is 0.674. The molecule has 0 radical (unpaired) electrons. The highest BCUT2D eigenvalue weighted by molar-refractivity contribution is 5.51. The number of para-hydroxylation sites is 1. The van der Waals surface area contributed by atoms with Crippen molar-refractivity contribution in [3.8, 4) is 0 Å². The van der Waals surface area contributed by atoms with Crippen molar-refractivity contribution in [3.05, 3.63) is 54.4 Å². The van der Waals surface area contributed by atoms with Crippen LogP contribution in [-0.4, -0.2) is 24.5 Å². The third-order valence-electron chi connectivity index (χ3n) is 3.19. The summed E-state index contributed by atoms with van der Waals surface area (Å²) in [7, 11) is 0. The highest BCUT2D eigenvalue weighted by atomic mass is 15.3. The van der Waals surface area contributed by atoms with E-state index in [2.05, 4.69) is 86.1 Å². The predicted molar refractivity (Wildman–Crippen MR) is 85.3 cm³/mol. The molecule has 0 unspecified atom stereocenters. The van der Waals surface area contributed by atoms with Gasteiger partial charge in [0.2, 0.25) is 0 Å². The largest absolute Gasteiger partial charge is 0.359 e. The molecule has 2 nitrogen and oxygen atoms in total. The molecule has 1 aromatic carbocycles. The first kappa shape index (κ1) is 15.4. The van der Waals surface area contributed by atoms with Gasteiger partial charge in [-0.05, 0) is 45.9 Å². The van der Waals surface area contributed by atoms with Crippen molar-refractivity contribution < 1.29 is 0 Å². The Labute approximate surface area is 118 Å². The predicted octanol–water partition coefficient (Wildman–Crippen LogP) is 4.27. The zero-order valence-corrected chi connectivity index (χ0v) is 12.6. The van der Waals surface area contributed by atoms with E-state index in [-0.39, 0.29) is 0 Å². The first-order valence-electron chi connectivity index (χ1n) is 7.18. The Morgan fingerprint density at radius 1 is 1.00 bits per heavy atom. The first-order chi connectivity index (χ1) is 9.28. The van der Waals surface area contributed by atoms with Gasteiger partial charge in [-0.1, -0.05) is 30.4 Å². The van der Waals surface area contributed by atoms with Crippen LogP contribution in [0.25, 0.3) is 0 Å². The maximum Gasteiger partial charge on any atom is 0.108 e. The molecule has 0 N–H and O–H groups in total. The van der Waals surface area contributed by atoms with E-state index in [0.717, 1.165) is 19.6 Å². The van der Waals surface area contributed by atoms with E-state index < -0.39 is 0 Å². The van der Waals surface area contributed by atoms with Crippen LogP contribution in [0, 0.1) is 0 Å². The number of hydrogen-bond acceptors (Lipinski definition) is 2. The van der Waals surface area contributed by atoms with Crippen LogP contribution >= 0.6 is 0 Å². The monoisotopic (exact) mass is 258 g/mol. The van der Waals surface area contributed by atoms with Gasteiger partial charge in [-0.25, -0.2) is 0 Å². The molecule has 0 heterocycles. The lowest BCUT2D eigenvalue weighted by Gasteiger charge is -2.34. The summed E-state index contributed by atoms with van der Waals surface area (Å²) in [5.74, 6) is 1.26. The lowest BCUT2D eigenvalue weighted by atomic mass is 10.2. The van der Waals surface area contributed by atoms with E-state index in [1.807, 2.05) is 0 Å². The third-order valence-corrected chi connectivity index (χ3v) is 3.19. The van der Waals surface area contributed by atoms with Crippen LogP contribution in [0.1, 0.15) is 27.7 Å². The summed E-state index contributed by atoms with van der Waals surface area (Å²) in [5.41, 5.74) is 1.24. The summed E-state index contributed by atoms with van der Waals surface area (Å²) in [4.78, 5) is 4.74. The number of nitrogens with zero attached hydrogens (tertiary/aromatic N) is 2. The summed E-state index contributed by atoms with van der Waals surface area (Å²) in [6.07, 6.45) is 6.38. The van der Waals surface area contributed by atoms with E-state index in [9.17, 15) is 0 Å². The molecule has 0 amide bonds. The van der Waals surface area contributed by atoms with Gasteiger partial charge in [-0.2, -0.15) is 0 Å². The second-order valence-electron chi connectivity index (χ2n) is 4.30. The van der Waals surface area contributed by atoms with Crippen LogP contribution in [0.5, 0.6) is 0 Å². The van der Waals surface area contributed by atoms with Crippen molar-refractivity contribution in [3.63, 3.8) is 0 Å². The van der Waals surface area contributed by atoms with Crippen molar-refractivity contribution in [2.45, 2.75) is 27.7 Å². The minimum absolute atomic E-state index is 0.962. The maximum atomic E-state index is 2.39. The van der Waals surface area contributed by atoms with Gasteiger partial charge in [0.05, 0.1) is 0 Å². The van der Waals surface area contributed by atoms with Crippen LogP contribution in [0.4, 0.5) is 5.69 Å². The molecule has 0 atom stereocenters. The Morgan fingerprint density at radius 2 is 1.63 bits per heavy atom. The molecular formula is C17H26N2. The highest BCUT2D eigenvalue weighted by Gasteiger charge is 2.13. The fourth-order valence-corrected chi connectivity index (χ4v) is 2.18. The molecule has 0 spiro atoms. The van der Waals surface area contributed by atoms with Crippen LogP contribution in [0.3, 0.4) is 0 Å². The van der Waals surface area contributed by atoms with Gasteiger partial charge in [0.25, 0.3) is 0 Å². The molecular weight excluding hydrogens is 232 g/mol. The fraction of sp³-hybridized carbons (Fsp3) is 0.412. The van der Waals surface area contributed by atoms with Crippen molar-refractivity contribution in [2.24, 2.45) is 0 Å². The van der Waals surface area contributed by atoms with Crippen molar-refractivity contribution >= 4 is 5.69 Å². The summed E-state index contributed by atoms with van der Waals surface area (Å²) in [6, 6.07) is 10.6. The lowest BCUT2D eigenvalue weighted by molar-refractivity contribution is 0.370. The van der Waals surface area contributed by atoms with E-state index >= 15 is 0 Å². The minimum Gasteiger partial charge on any atom is -0.359 e. The second-order valence-corrected chi connectivity index (χ2v) is 4.30. The van der Waals surface area contributed by atoms with Crippen molar-refractivity contribution in [1.82, 2.24) is 4.90 Å². The first-order valence-corrected chi connectivity index (χ1v) is 7.18. The smallest absolute Gasteiger partial charge is 0.108 e. The number of benzene rings is 1. The standard InChI is InChI=1S/C17H26N2/c1-5-9-15-17(18(6-2)7-3)19(8-4)16-13-11-10-12-14-16/h5,9-15H,6-8H2,1-4H3/b9-5+,17-15-. The molecule has 0 aliphatic carbocycles. The van der Waals surface area contributed by atoms with E-state index in [1.165, 1.54) is 11.5 Å². The van der Waals surface area contributed by atoms with Gasteiger partial charge in [0, 0.05) is 25.3 Å². The number of rotatable bonds is 7. The normalized spacial score (nSPS) is 11.9. The number of anilines is 1. The molecule has 0 fully saturated rings. The number of allylic oxidation sites excluding steroid dienone is 3. The van der Waals surface area contributed by atoms with Crippen molar-refractivity contribution in [1.29, 1.82) is 0 Å². The molecule has 2 heteroatoms. The SMILES string of the molecule is C/C=C/C=C(/N(CC)CC)N(CC)c1ccccc1. The van der Waals surface area contributed by atoms with Crippen LogP contribution < -0.4 is 4.90 Å². The number of hydrogen-bond donors (Lipinski definition) is 0. The van der Waals surface area contributed by atoms with Crippen LogP contribution in [0.15, 0.2) is 54.4 Å². The molecule has 1 aromatic rings. The van der Waals surface area contributed by atoms with Gasteiger partial charge in [0.1, 0.15) is 5.82 Å². The zero-order chi connectivity index (χ0) is 14.1. The molecule has 0 aliphatic heterocycles. The minimum atomic E-state index is 0.962. The molecule has 104 valence electrons. The van der Waals surface area contributed by atoms with E-state index in [0.29, 0.717) is 0 Å². The Balaban J connectivity index is 3.13. The maximum absolute atomic E-state index is 2.39. The van der Waals surface area contributed by atoms with Gasteiger partial charge in [-0.3, -0.25) is 0 Å². The summed E-state index contributed by atoms with van der Waals surface area (Å²) >= 11 is 0. The van der Waals surface area contributed by atoms with Gasteiger partial charge in [-0.15, -0.1) is 0 Å². The van der Waals surface area contributed by atoms with Gasteiger partial charge >= 0.3 is 0 Å². The summed E-state index contributed by atoms with van der Waals surface area (Å²) < 4.78 is 0. The molecule has 0 aromatic heterocycles. The topological polar surface area (TPSA) is 6.48 Å². The Bertz CT molecular complexity index is 403. The fourth-order valence-electron chi connectivity index (χ4n) is 2.18. The van der Waals surface area contributed by atoms with Gasteiger partial charge in [0.15, 0.2) is 0 Å². The Kier molecular flexibility index (Phi) is 6.80.